The number of hydrogen-bond donors (Lipinski definition) is 2. The zero-order valence-corrected chi connectivity index (χ0v) is 14.3. The summed E-state index contributed by atoms with van der Waals surface area (Å²) < 4.78 is 0.842. The highest BCUT2D eigenvalue weighted by atomic mass is 79.9. The van der Waals surface area contributed by atoms with Gasteiger partial charge in [0, 0.05) is 23.7 Å². The number of aliphatic hydroxyl groups is 1. The van der Waals surface area contributed by atoms with Crippen molar-refractivity contribution < 1.29 is 10.0 Å². The van der Waals surface area contributed by atoms with Crippen molar-refractivity contribution >= 4 is 33.0 Å². The predicted octanol–water partition coefficient (Wildman–Crippen LogP) is 4.29. The molecule has 0 aliphatic carbocycles. The zero-order valence-electron chi connectivity index (χ0n) is 12.7. The number of likely N-dealkylation sites (N-methyl/N-ethyl adjacent to an activating group) is 1. The number of rotatable bonds is 3. The van der Waals surface area contributed by atoms with E-state index in [2.05, 4.69) is 15.9 Å². The third kappa shape index (κ3) is 2.67. The lowest BCUT2D eigenvalue weighted by Gasteiger charge is -2.22. The van der Waals surface area contributed by atoms with Crippen LogP contribution in [0.2, 0.25) is 0 Å². The molecule has 1 aliphatic heterocycles. The quantitative estimate of drug-likeness (QED) is 0.606. The Kier molecular flexibility index (Phi) is 4.11. The number of non-ortho nitro benzene ring substituents is 1. The standard InChI is InChI=1S/C17H14BrN3O3/c1-20-15(11-5-3-7-13(9-11)21(23)24)16(22)14(17(20)19)10-4-2-6-12(18)8-10/h2-9,15,19,22H,1H3. The van der Waals surface area contributed by atoms with E-state index in [1.54, 1.807) is 24.1 Å². The molecular weight excluding hydrogens is 374 g/mol. The number of benzene rings is 2. The van der Waals surface area contributed by atoms with Gasteiger partial charge in [0.25, 0.3) is 5.69 Å². The topological polar surface area (TPSA) is 90.5 Å². The zero-order chi connectivity index (χ0) is 17.4. The molecule has 0 aromatic heterocycles. The van der Waals surface area contributed by atoms with E-state index >= 15 is 0 Å². The minimum absolute atomic E-state index is 0.0149. The number of amidine groups is 1. The monoisotopic (exact) mass is 387 g/mol. The Labute approximate surface area is 146 Å². The first-order chi connectivity index (χ1) is 11.4. The predicted molar refractivity (Wildman–Crippen MR) is 95.0 cm³/mol. The van der Waals surface area contributed by atoms with Gasteiger partial charge >= 0.3 is 0 Å². The summed E-state index contributed by atoms with van der Waals surface area (Å²) in [5.74, 6) is 0.184. The lowest BCUT2D eigenvalue weighted by atomic mass is 10.0. The second-order valence-electron chi connectivity index (χ2n) is 5.48. The molecule has 7 heteroatoms. The maximum Gasteiger partial charge on any atom is 0.269 e. The fraction of sp³-hybridized carbons (Fsp3) is 0.118. The van der Waals surface area contributed by atoms with Crippen LogP contribution in [0, 0.1) is 15.5 Å². The van der Waals surface area contributed by atoms with Gasteiger partial charge < -0.3 is 10.0 Å². The lowest BCUT2D eigenvalue weighted by Crippen LogP contribution is -2.25. The molecule has 122 valence electrons. The molecule has 0 fully saturated rings. The first-order valence-electron chi connectivity index (χ1n) is 7.15. The number of nitro benzene ring substituents is 1. The van der Waals surface area contributed by atoms with Crippen LogP contribution in [0.25, 0.3) is 5.57 Å². The molecule has 6 nitrogen and oxygen atoms in total. The van der Waals surface area contributed by atoms with Crippen LogP contribution >= 0.6 is 15.9 Å². The van der Waals surface area contributed by atoms with Gasteiger partial charge in [0.05, 0.1) is 10.5 Å². The molecule has 2 aromatic rings. The molecule has 0 saturated carbocycles. The van der Waals surface area contributed by atoms with Gasteiger partial charge in [-0.25, -0.2) is 0 Å². The van der Waals surface area contributed by atoms with E-state index in [0.29, 0.717) is 16.7 Å². The van der Waals surface area contributed by atoms with Gasteiger partial charge in [-0.05, 0) is 23.3 Å². The maximum absolute atomic E-state index is 11.0. The Hall–Kier alpha value is -2.67. The summed E-state index contributed by atoms with van der Waals surface area (Å²) in [5, 5.41) is 30.0. The SMILES string of the molecule is CN1C(=N)C(c2cccc(Br)c2)=C(O)C1c1cccc([N+](=O)[O-])c1. The Bertz CT molecular complexity index is 879. The van der Waals surface area contributed by atoms with E-state index < -0.39 is 11.0 Å². The molecule has 1 heterocycles. The fourth-order valence-corrected chi connectivity index (χ4v) is 3.26. The summed E-state index contributed by atoms with van der Waals surface area (Å²) in [6, 6.07) is 12.8. The van der Waals surface area contributed by atoms with Crippen LogP contribution in [0.3, 0.4) is 0 Å². The molecule has 0 bridgehead atoms. The van der Waals surface area contributed by atoms with Gasteiger partial charge in [-0.3, -0.25) is 15.5 Å². The van der Waals surface area contributed by atoms with Crippen molar-refractivity contribution in [3.05, 3.63) is 80.0 Å². The molecule has 0 radical (unpaired) electrons. The number of hydrogen-bond acceptors (Lipinski definition) is 4. The van der Waals surface area contributed by atoms with Crippen LogP contribution in [-0.4, -0.2) is 27.8 Å². The second-order valence-corrected chi connectivity index (χ2v) is 6.40. The summed E-state index contributed by atoms with van der Waals surface area (Å²) >= 11 is 3.39. The third-order valence-corrected chi connectivity index (χ3v) is 4.50. The number of halogens is 1. The van der Waals surface area contributed by atoms with E-state index in [4.69, 9.17) is 5.41 Å². The number of aliphatic hydroxyl groups excluding tert-OH is 1. The van der Waals surface area contributed by atoms with E-state index in [-0.39, 0.29) is 17.3 Å². The third-order valence-electron chi connectivity index (χ3n) is 4.00. The van der Waals surface area contributed by atoms with Crippen LogP contribution in [0.15, 0.2) is 58.8 Å². The Morgan fingerprint density at radius 1 is 1.25 bits per heavy atom. The molecule has 1 aliphatic rings. The highest BCUT2D eigenvalue weighted by Crippen LogP contribution is 2.40. The number of nitrogens with zero attached hydrogens (tertiary/aromatic N) is 2. The van der Waals surface area contributed by atoms with Crippen molar-refractivity contribution in [1.29, 1.82) is 5.41 Å². The van der Waals surface area contributed by atoms with Gasteiger partial charge in [-0.1, -0.05) is 40.2 Å². The van der Waals surface area contributed by atoms with Crippen LogP contribution in [-0.2, 0) is 0 Å². The molecular formula is C17H14BrN3O3. The summed E-state index contributed by atoms with van der Waals surface area (Å²) in [4.78, 5) is 12.1. The molecule has 3 rings (SSSR count). The minimum atomic E-state index is -0.619. The summed E-state index contributed by atoms with van der Waals surface area (Å²) in [5.41, 5.74) is 1.66. The number of nitrogens with one attached hydrogen (secondary N) is 1. The van der Waals surface area contributed by atoms with E-state index in [0.717, 1.165) is 4.47 Å². The Morgan fingerprint density at radius 2 is 1.96 bits per heavy atom. The van der Waals surface area contributed by atoms with Crippen LogP contribution in [0.4, 0.5) is 5.69 Å². The smallest absolute Gasteiger partial charge is 0.269 e. The molecule has 1 atom stereocenters. The van der Waals surface area contributed by atoms with Crippen LogP contribution < -0.4 is 0 Å². The normalized spacial score (nSPS) is 17.5. The average Bonchev–Trinajstić information content (AvgIpc) is 2.77. The van der Waals surface area contributed by atoms with Gasteiger partial charge in [0.2, 0.25) is 0 Å². The lowest BCUT2D eigenvalue weighted by molar-refractivity contribution is -0.384. The average molecular weight is 388 g/mol. The minimum Gasteiger partial charge on any atom is -0.509 e. The van der Waals surface area contributed by atoms with Crippen molar-refractivity contribution in [3.8, 4) is 0 Å². The fourth-order valence-electron chi connectivity index (χ4n) is 2.87. The Balaban J connectivity index is 2.11. The van der Waals surface area contributed by atoms with Crippen molar-refractivity contribution in [2.75, 3.05) is 7.05 Å². The molecule has 0 spiro atoms. The van der Waals surface area contributed by atoms with Crippen molar-refractivity contribution in [3.63, 3.8) is 0 Å². The molecule has 2 aromatic carbocycles. The first-order valence-corrected chi connectivity index (χ1v) is 7.94. The Morgan fingerprint density at radius 3 is 2.62 bits per heavy atom. The van der Waals surface area contributed by atoms with Gasteiger partial charge in [0.15, 0.2) is 0 Å². The highest BCUT2D eigenvalue weighted by molar-refractivity contribution is 9.10. The highest BCUT2D eigenvalue weighted by Gasteiger charge is 2.36. The van der Waals surface area contributed by atoms with Crippen molar-refractivity contribution in [2.45, 2.75) is 6.04 Å². The van der Waals surface area contributed by atoms with E-state index in [1.165, 1.54) is 12.1 Å². The maximum atomic E-state index is 11.0. The van der Waals surface area contributed by atoms with E-state index in [9.17, 15) is 15.2 Å². The number of nitro groups is 1. The second kappa shape index (κ2) is 6.09. The van der Waals surface area contributed by atoms with Gasteiger partial charge in [-0.2, -0.15) is 0 Å². The molecule has 2 N–H and O–H groups in total. The molecule has 0 amide bonds. The summed E-state index contributed by atoms with van der Waals surface area (Å²) in [6.45, 7) is 0. The van der Waals surface area contributed by atoms with Crippen molar-refractivity contribution in [2.24, 2.45) is 0 Å². The summed E-state index contributed by atoms with van der Waals surface area (Å²) in [7, 11) is 1.69. The van der Waals surface area contributed by atoms with Gasteiger partial charge in [0.1, 0.15) is 17.6 Å². The molecule has 1 unspecified atom stereocenters. The molecule has 24 heavy (non-hydrogen) atoms. The summed E-state index contributed by atoms with van der Waals surface area (Å²) in [6.07, 6.45) is 0. The first kappa shape index (κ1) is 16.2. The largest absolute Gasteiger partial charge is 0.509 e. The van der Waals surface area contributed by atoms with Gasteiger partial charge in [-0.15, -0.1) is 0 Å². The van der Waals surface area contributed by atoms with E-state index in [1.807, 2.05) is 24.3 Å². The molecule has 0 saturated heterocycles. The van der Waals surface area contributed by atoms with Crippen LogP contribution in [0.1, 0.15) is 17.2 Å². The van der Waals surface area contributed by atoms with Crippen LogP contribution in [0.5, 0.6) is 0 Å². The van der Waals surface area contributed by atoms with Crippen molar-refractivity contribution in [1.82, 2.24) is 4.90 Å².